The van der Waals surface area contributed by atoms with Crippen LogP contribution in [-0.2, 0) is 4.79 Å². The van der Waals surface area contributed by atoms with Gasteiger partial charge in [-0.1, -0.05) is 15.9 Å². The lowest BCUT2D eigenvalue weighted by Gasteiger charge is -2.31. The van der Waals surface area contributed by atoms with Gasteiger partial charge in [0.1, 0.15) is 0 Å². The summed E-state index contributed by atoms with van der Waals surface area (Å²) in [5.74, 6) is -4.51. The van der Waals surface area contributed by atoms with Crippen LogP contribution in [0.15, 0.2) is 0 Å². The molecule has 0 heterocycles. The molecule has 0 aliphatic heterocycles. The van der Waals surface area contributed by atoms with Crippen LogP contribution >= 0.6 is 83.7 Å². The molecule has 210 valence electrons. The fraction of sp³-hybridized carbons (Fsp3) is 0.526. The van der Waals surface area contributed by atoms with Crippen LogP contribution in [0.25, 0.3) is 0 Å². The monoisotopic (exact) mass is 937 g/mol. The number of alkyl halides is 4. The van der Waals surface area contributed by atoms with E-state index in [1.807, 2.05) is 0 Å². The summed E-state index contributed by atoms with van der Waals surface area (Å²) in [6, 6.07) is 0. The van der Waals surface area contributed by atoms with Crippen molar-refractivity contribution < 1.29 is 53.1 Å². The Labute approximate surface area is 258 Å². The molecular weight excluding hydrogens is 916 g/mol. The van der Waals surface area contributed by atoms with Crippen molar-refractivity contribution in [3.63, 3.8) is 0 Å². The maximum Gasteiger partial charge on any atom is 0.471 e. The van der Waals surface area contributed by atoms with Gasteiger partial charge in [-0.3, -0.25) is 19.3 Å². The van der Waals surface area contributed by atoms with Crippen molar-refractivity contribution in [3.8, 4) is 0 Å². The summed E-state index contributed by atoms with van der Waals surface area (Å²) in [4.78, 5) is 39.3. The maximum absolute atomic E-state index is 13.6. The van der Waals surface area contributed by atoms with E-state index in [0.29, 0.717) is 0 Å². The Morgan fingerprint density at radius 1 is 0.865 bits per heavy atom. The van der Waals surface area contributed by atoms with Crippen molar-refractivity contribution in [2.75, 3.05) is 43.1 Å². The van der Waals surface area contributed by atoms with E-state index in [2.05, 4.69) is 15.9 Å². The zero-order chi connectivity index (χ0) is 28.8. The third kappa shape index (κ3) is 8.94. The van der Waals surface area contributed by atoms with Crippen LogP contribution in [0.3, 0.4) is 0 Å². The number of carbonyl (C=O) groups is 3. The van der Waals surface area contributed by atoms with Crippen molar-refractivity contribution in [1.29, 1.82) is 0 Å². The number of aliphatic hydroxyl groups excluding tert-OH is 5. The minimum atomic E-state index is -5.39. The topological polar surface area (TPSA) is 185 Å². The lowest BCUT2D eigenvalue weighted by molar-refractivity contribution is -0.170. The standard InChI is InChI=1S/C19H22BrF3I3N3O8/c20-1-7(32)4-29(18(37)19(21,22)23)15-13(25)10(16(27)35)12(24)11(14(15)26)17(36)28(2-8(33)5-30)3-9(34)6-31/h7-9,30-34H,1-6H2,(H2,27,35). The molecule has 3 unspecified atom stereocenters. The molecule has 0 bridgehead atoms. The number of anilines is 1. The summed E-state index contributed by atoms with van der Waals surface area (Å²) < 4.78 is 40.1. The van der Waals surface area contributed by atoms with Crippen LogP contribution in [0, 0.1) is 10.7 Å². The first-order chi connectivity index (χ1) is 17.0. The van der Waals surface area contributed by atoms with Crippen molar-refractivity contribution in [3.05, 3.63) is 21.8 Å². The van der Waals surface area contributed by atoms with E-state index in [1.165, 1.54) is 45.2 Å². The highest BCUT2D eigenvalue weighted by molar-refractivity contribution is 14.1. The number of nitrogens with two attached hydrogens (primary N) is 1. The summed E-state index contributed by atoms with van der Waals surface area (Å²) >= 11 is 7.54. The number of hydrogen-bond donors (Lipinski definition) is 6. The fourth-order valence-electron chi connectivity index (χ4n) is 3.00. The van der Waals surface area contributed by atoms with Crippen molar-refractivity contribution in [2.45, 2.75) is 24.5 Å². The largest absolute Gasteiger partial charge is 0.471 e. The summed E-state index contributed by atoms with van der Waals surface area (Å²) in [5.41, 5.74) is 4.20. The molecule has 1 aromatic rings. The molecule has 3 atom stereocenters. The zero-order valence-electron chi connectivity index (χ0n) is 18.6. The smallest absolute Gasteiger partial charge is 0.394 e. The summed E-state index contributed by atoms with van der Waals surface area (Å²) in [6.07, 6.45) is -9.83. The van der Waals surface area contributed by atoms with Gasteiger partial charge >= 0.3 is 12.1 Å². The van der Waals surface area contributed by atoms with Gasteiger partial charge in [-0.05, 0) is 67.8 Å². The highest BCUT2D eigenvalue weighted by atomic mass is 127. The predicted molar refractivity (Wildman–Crippen MR) is 153 cm³/mol. The molecule has 1 aromatic carbocycles. The van der Waals surface area contributed by atoms with Gasteiger partial charge in [0.2, 0.25) is 0 Å². The van der Waals surface area contributed by atoms with E-state index >= 15 is 0 Å². The lowest BCUT2D eigenvalue weighted by Crippen LogP contribution is -2.47. The number of rotatable bonds is 12. The normalized spacial score (nSPS) is 14.2. The molecule has 1 rings (SSSR count). The molecule has 0 saturated carbocycles. The van der Waals surface area contributed by atoms with E-state index in [0.717, 1.165) is 4.90 Å². The Kier molecular flexibility index (Phi) is 14.2. The second kappa shape index (κ2) is 15.0. The predicted octanol–water partition coefficient (Wildman–Crippen LogP) is 0.399. The number of halogens is 7. The first-order valence-electron chi connectivity index (χ1n) is 10.0. The Bertz CT molecular complexity index is 1010. The van der Waals surface area contributed by atoms with E-state index < -0.39 is 80.7 Å². The van der Waals surface area contributed by atoms with Crippen LogP contribution in [-0.4, -0.2) is 111 Å². The molecular formula is C19H22BrF3I3N3O8. The van der Waals surface area contributed by atoms with Gasteiger partial charge in [0.05, 0.1) is 62.0 Å². The van der Waals surface area contributed by atoms with Crippen LogP contribution in [0.1, 0.15) is 20.7 Å². The first-order valence-corrected chi connectivity index (χ1v) is 14.4. The van der Waals surface area contributed by atoms with Crippen LogP contribution in [0.2, 0.25) is 0 Å². The molecule has 18 heteroatoms. The quantitative estimate of drug-likeness (QED) is 0.129. The molecule has 0 aliphatic carbocycles. The Hall–Kier alpha value is -0.110. The SMILES string of the molecule is NC(=O)c1c(I)c(C(=O)N(CC(O)CO)CC(O)CO)c(I)c(N(CC(O)CBr)C(=O)C(F)(F)F)c1I. The summed E-state index contributed by atoms with van der Waals surface area (Å²) in [6.45, 7) is -3.54. The van der Waals surface area contributed by atoms with E-state index in [4.69, 9.17) is 5.73 Å². The minimum Gasteiger partial charge on any atom is -0.394 e. The highest BCUT2D eigenvalue weighted by Gasteiger charge is 2.45. The van der Waals surface area contributed by atoms with Crippen molar-refractivity contribution in [1.82, 2.24) is 4.90 Å². The third-order valence-electron chi connectivity index (χ3n) is 4.65. The van der Waals surface area contributed by atoms with Gasteiger partial charge in [0, 0.05) is 22.0 Å². The minimum absolute atomic E-state index is 0.0879. The van der Waals surface area contributed by atoms with Crippen LogP contribution < -0.4 is 10.6 Å². The molecule has 0 aromatic heterocycles. The Balaban J connectivity index is 4.01. The van der Waals surface area contributed by atoms with Crippen LogP contribution in [0.4, 0.5) is 18.9 Å². The van der Waals surface area contributed by atoms with Crippen molar-refractivity contribution >= 4 is 107 Å². The summed E-state index contributed by atoms with van der Waals surface area (Å²) in [5, 5.41) is 48.0. The number of primary amides is 1. The number of carbonyl (C=O) groups excluding carboxylic acids is 3. The fourth-order valence-corrected chi connectivity index (χ4v) is 7.95. The van der Waals surface area contributed by atoms with E-state index in [1.54, 1.807) is 22.6 Å². The molecule has 0 saturated heterocycles. The van der Waals surface area contributed by atoms with Gasteiger partial charge in [-0.25, -0.2) is 0 Å². The van der Waals surface area contributed by atoms with Gasteiger partial charge in [-0.15, -0.1) is 0 Å². The van der Waals surface area contributed by atoms with Gasteiger partial charge in [0.15, 0.2) is 0 Å². The molecule has 0 fully saturated rings. The number of benzene rings is 1. The number of aliphatic hydroxyl groups is 5. The number of nitrogens with zero attached hydrogens (tertiary/aromatic N) is 2. The van der Waals surface area contributed by atoms with E-state index in [-0.39, 0.29) is 32.1 Å². The number of hydrogen-bond acceptors (Lipinski definition) is 8. The molecule has 3 amide bonds. The first kappa shape index (κ1) is 34.9. The molecule has 0 radical (unpaired) electrons. The molecule has 0 aliphatic rings. The Morgan fingerprint density at radius 3 is 1.70 bits per heavy atom. The van der Waals surface area contributed by atoms with Gasteiger partial charge in [-0.2, -0.15) is 13.2 Å². The summed E-state index contributed by atoms with van der Waals surface area (Å²) in [7, 11) is 0. The third-order valence-corrected chi connectivity index (χ3v) is 8.58. The van der Waals surface area contributed by atoms with Crippen LogP contribution in [0.5, 0.6) is 0 Å². The second-order valence-electron chi connectivity index (χ2n) is 7.51. The average Bonchev–Trinajstić information content (AvgIpc) is 2.80. The van der Waals surface area contributed by atoms with Crippen molar-refractivity contribution in [2.24, 2.45) is 5.73 Å². The molecule has 11 nitrogen and oxygen atoms in total. The molecule has 7 N–H and O–H groups in total. The second-order valence-corrected chi connectivity index (χ2v) is 11.4. The zero-order valence-corrected chi connectivity index (χ0v) is 26.6. The highest BCUT2D eigenvalue weighted by Crippen LogP contribution is 2.40. The van der Waals surface area contributed by atoms with Gasteiger partial charge in [0.25, 0.3) is 11.8 Å². The molecule has 37 heavy (non-hydrogen) atoms. The van der Waals surface area contributed by atoms with E-state index in [9.17, 15) is 53.1 Å². The average molecular weight is 938 g/mol. The van der Waals surface area contributed by atoms with Gasteiger partial charge < -0.3 is 36.2 Å². The Morgan fingerprint density at radius 2 is 1.32 bits per heavy atom. The number of amides is 3. The maximum atomic E-state index is 13.6. The molecule has 0 spiro atoms. The lowest BCUT2D eigenvalue weighted by atomic mass is 10.1.